The summed E-state index contributed by atoms with van der Waals surface area (Å²) in [6.07, 6.45) is 0. The minimum absolute atomic E-state index is 0.0512. The van der Waals surface area contributed by atoms with E-state index in [4.69, 9.17) is 5.73 Å². The zero-order valence-electron chi connectivity index (χ0n) is 11.7. The second kappa shape index (κ2) is 5.07. The Kier molecular flexibility index (Phi) is 3.23. The van der Waals surface area contributed by atoms with Crippen molar-refractivity contribution in [2.24, 2.45) is 5.73 Å². The fourth-order valence-corrected chi connectivity index (χ4v) is 2.77. The maximum atomic E-state index is 12.2. The third-order valence-corrected chi connectivity index (χ3v) is 3.67. The number of hydrogen-bond acceptors (Lipinski definition) is 3. The second-order valence-corrected chi connectivity index (χ2v) is 4.96. The van der Waals surface area contributed by atoms with Crippen molar-refractivity contribution in [3.8, 4) is 11.4 Å². The molecule has 0 bridgehead atoms. The summed E-state index contributed by atoms with van der Waals surface area (Å²) in [5, 5.41) is 10.5. The van der Waals surface area contributed by atoms with Crippen LogP contribution in [0.4, 0.5) is 0 Å². The van der Waals surface area contributed by atoms with Crippen LogP contribution in [0, 0.1) is 6.92 Å². The number of aromatic hydroxyl groups is 1. The molecule has 21 heavy (non-hydrogen) atoms. The van der Waals surface area contributed by atoms with E-state index in [0.29, 0.717) is 5.56 Å². The summed E-state index contributed by atoms with van der Waals surface area (Å²) in [7, 11) is 0. The van der Waals surface area contributed by atoms with Gasteiger partial charge in [0.05, 0.1) is 12.1 Å². The number of carbonyl (C=O) groups is 1. The molecule has 3 N–H and O–H groups in total. The molecule has 4 nitrogen and oxygen atoms in total. The van der Waals surface area contributed by atoms with E-state index in [1.54, 1.807) is 12.1 Å². The number of ketones is 1. The molecule has 0 fully saturated rings. The highest BCUT2D eigenvalue weighted by molar-refractivity contribution is 6.11. The molecule has 0 aliphatic heterocycles. The number of aromatic nitrogens is 1. The van der Waals surface area contributed by atoms with Crippen LogP contribution >= 0.6 is 0 Å². The number of Topliss-reactive ketones (excluding diaryl/α,β-unsaturated/α-hetero) is 1. The number of benzene rings is 2. The average molecular weight is 280 g/mol. The van der Waals surface area contributed by atoms with Crippen molar-refractivity contribution in [3.63, 3.8) is 0 Å². The van der Waals surface area contributed by atoms with Crippen LogP contribution in [-0.2, 0) is 0 Å². The Morgan fingerprint density at radius 1 is 1.19 bits per heavy atom. The number of para-hydroxylation sites is 1. The molecule has 3 rings (SSSR count). The summed E-state index contributed by atoms with van der Waals surface area (Å²) in [5.74, 6) is 0.0107. The van der Waals surface area contributed by atoms with Gasteiger partial charge in [0.1, 0.15) is 5.75 Å². The number of rotatable bonds is 3. The molecule has 1 heterocycles. The topological polar surface area (TPSA) is 68.2 Å². The summed E-state index contributed by atoms with van der Waals surface area (Å²) in [6, 6.07) is 14.9. The Bertz CT molecular complexity index is 820. The quantitative estimate of drug-likeness (QED) is 0.725. The number of nitrogens with zero attached hydrogens (tertiary/aromatic N) is 1. The van der Waals surface area contributed by atoms with Crippen molar-refractivity contribution in [2.75, 3.05) is 6.54 Å². The Balaban J connectivity index is 2.41. The lowest BCUT2D eigenvalue weighted by atomic mass is 10.1. The molecule has 0 aliphatic carbocycles. The van der Waals surface area contributed by atoms with Gasteiger partial charge in [0, 0.05) is 22.3 Å². The van der Waals surface area contributed by atoms with E-state index in [1.807, 2.05) is 47.9 Å². The molecule has 0 saturated carbocycles. The number of carbonyl (C=O) groups excluding carboxylic acids is 1. The summed E-state index contributed by atoms with van der Waals surface area (Å²) in [6.45, 7) is 1.84. The third-order valence-electron chi connectivity index (χ3n) is 3.67. The van der Waals surface area contributed by atoms with Crippen LogP contribution in [0.25, 0.3) is 16.6 Å². The predicted molar refractivity (Wildman–Crippen MR) is 83.1 cm³/mol. The van der Waals surface area contributed by atoms with Crippen LogP contribution < -0.4 is 5.73 Å². The molecule has 106 valence electrons. The van der Waals surface area contributed by atoms with E-state index in [2.05, 4.69) is 0 Å². The zero-order valence-corrected chi connectivity index (χ0v) is 11.7. The Labute approximate surface area is 122 Å². The number of nitrogens with two attached hydrogens (primary N) is 1. The van der Waals surface area contributed by atoms with Gasteiger partial charge >= 0.3 is 0 Å². The highest BCUT2D eigenvalue weighted by Crippen LogP contribution is 2.31. The summed E-state index contributed by atoms with van der Waals surface area (Å²) in [5.41, 5.74) is 8.79. The van der Waals surface area contributed by atoms with Crippen LogP contribution in [0.3, 0.4) is 0 Å². The Hall–Kier alpha value is -2.59. The lowest BCUT2D eigenvalue weighted by molar-refractivity contribution is 0.100. The van der Waals surface area contributed by atoms with Crippen LogP contribution in [0.5, 0.6) is 5.75 Å². The summed E-state index contributed by atoms with van der Waals surface area (Å²) < 4.78 is 2.01. The van der Waals surface area contributed by atoms with Gasteiger partial charge in [-0.25, -0.2) is 0 Å². The standard InChI is InChI=1S/C17H16N2O2/c1-11-17(16(21)10-18)14-9-13(20)7-8-15(14)19(11)12-5-3-2-4-6-12/h2-9,20H,10,18H2,1H3. The molecule has 0 radical (unpaired) electrons. The molecule has 0 saturated heterocycles. The van der Waals surface area contributed by atoms with Crippen LogP contribution in [0.2, 0.25) is 0 Å². The molecule has 1 aromatic heterocycles. The van der Waals surface area contributed by atoms with Crippen LogP contribution in [0.15, 0.2) is 48.5 Å². The molecule has 4 heteroatoms. The minimum Gasteiger partial charge on any atom is -0.508 e. The van der Waals surface area contributed by atoms with Gasteiger partial charge in [-0.3, -0.25) is 4.79 Å². The first-order valence-electron chi connectivity index (χ1n) is 6.76. The van der Waals surface area contributed by atoms with Gasteiger partial charge in [0.2, 0.25) is 0 Å². The first kappa shape index (κ1) is 13.4. The van der Waals surface area contributed by atoms with E-state index in [0.717, 1.165) is 22.3 Å². The molecule has 0 aliphatic rings. The highest BCUT2D eigenvalue weighted by Gasteiger charge is 2.20. The van der Waals surface area contributed by atoms with Crippen molar-refractivity contribution in [1.82, 2.24) is 4.57 Å². The number of hydrogen-bond donors (Lipinski definition) is 2. The normalized spacial score (nSPS) is 11.0. The van der Waals surface area contributed by atoms with Crippen molar-refractivity contribution in [2.45, 2.75) is 6.92 Å². The van der Waals surface area contributed by atoms with E-state index < -0.39 is 0 Å². The van der Waals surface area contributed by atoms with Crippen molar-refractivity contribution in [1.29, 1.82) is 0 Å². The second-order valence-electron chi connectivity index (χ2n) is 4.96. The van der Waals surface area contributed by atoms with Gasteiger partial charge in [0.15, 0.2) is 5.78 Å². The molecule has 0 spiro atoms. The first-order valence-corrected chi connectivity index (χ1v) is 6.76. The number of phenolic OH excluding ortho intramolecular Hbond substituents is 1. The van der Waals surface area contributed by atoms with Crippen molar-refractivity contribution in [3.05, 3.63) is 59.8 Å². The van der Waals surface area contributed by atoms with Gasteiger partial charge in [-0.2, -0.15) is 0 Å². The van der Waals surface area contributed by atoms with E-state index >= 15 is 0 Å². The monoisotopic (exact) mass is 280 g/mol. The smallest absolute Gasteiger partial charge is 0.178 e. The SMILES string of the molecule is Cc1c(C(=O)CN)c2cc(O)ccc2n1-c1ccccc1. The maximum Gasteiger partial charge on any atom is 0.178 e. The molecule has 3 aromatic rings. The van der Waals surface area contributed by atoms with Crippen LogP contribution in [0.1, 0.15) is 16.1 Å². The van der Waals surface area contributed by atoms with Gasteiger partial charge in [-0.1, -0.05) is 18.2 Å². The fourth-order valence-electron chi connectivity index (χ4n) is 2.77. The van der Waals surface area contributed by atoms with E-state index in [1.165, 1.54) is 0 Å². The summed E-state index contributed by atoms with van der Waals surface area (Å²) in [4.78, 5) is 12.2. The molecule has 0 amide bonds. The predicted octanol–water partition coefficient (Wildman–Crippen LogP) is 2.79. The highest BCUT2D eigenvalue weighted by atomic mass is 16.3. The van der Waals surface area contributed by atoms with Gasteiger partial charge in [-0.05, 0) is 37.3 Å². The Morgan fingerprint density at radius 3 is 2.57 bits per heavy atom. The van der Waals surface area contributed by atoms with E-state index in [-0.39, 0.29) is 18.1 Å². The molecular weight excluding hydrogens is 264 g/mol. The number of fused-ring (bicyclic) bond motifs is 1. The molecule has 2 aromatic carbocycles. The van der Waals surface area contributed by atoms with Crippen molar-refractivity contribution < 1.29 is 9.90 Å². The Morgan fingerprint density at radius 2 is 1.90 bits per heavy atom. The number of phenols is 1. The molecule has 0 unspecified atom stereocenters. The lowest BCUT2D eigenvalue weighted by Gasteiger charge is -2.08. The largest absolute Gasteiger partial charge is 0.508 e. The fraction of sp³-hybridized carbons (Fsp3) is 0.118. The molecular formula is C17H16N2O2. The van der Waals surface area contributed by atoms with Crippen molar-refractivity contribution >= 4 is 16.7 Å². The lowest BCUT2D eigenvalue weighted by Crippen LogP contribution is -2.14. The summed E-state index contributed by atoms with van der Waals surface area (Å²) >= 11 is 0. The zero-order chi connectivity index (χ0) is 15.0. The van der Waals surface area contributed by atoms with Gasteiger partial charge in [-0.15, -0.1) is 0 Å². The first-order chi connectivity index (χ1) is 10.1. The maximum absolute atomic E-state index is 12.2. The average Bonchev–Trinajstić information content (AvgIpc) is 2.78. The third kappa shape index (κ3) is 2.10. The van der Waals surface area contributed by atoms with Gasteiger partial charge in [0.25, 0.3) is 0 Å². The van der Waals surface area contributed by atoms with Crippen LogP contribution in [-0.4, -0.2) is 22.0 Å². The molecule has 0 atom stereocenters. The van der Waals surface area contributed by atoms with Gasteiger partial charge < -0.3 is 15.4 Å². The van der Waals surface area contributed by atoms with E-state index in [9.17, 15) is 9.90 Å². The minimum atomic E-state index is -0.127.